The number of amides is 1. The fraction of sp³-hybridized carbons (Fsp3) is 0.417. The van der Waals surface area contributed by atoms with E-state index >= 15 is 0 Å². The summed E-state index contributed by atoms with van der Waals surface area (Å²) in [5, 5.41) is 2.51. The number of alkyl halides is 3. The molecular formula is C12H15F3N2O. The first-order valence-corrected chi connectivity index (χ1v) is 5.50. The number of carbonyl (C=O) groups excluding carboxylic acids is 1. The highest BCUT2D eigenvalue weighted by atomic mass is 19.4. The molecule has 0 aliphatic carbocycles. The number of hydrogen-bond acceptors (Lipinski definition) is 2. The van der Waals surface area contributed by atoms with Crippen molar-refractivity contribution < 1.29 is 18.0 Å². The molecule has 0 fully saturated rings. The smallest absolute Gasteiger partial charge is 0.324 e. The lowest BCUT2D eigenvalue weighted by molar-refractivity contribution is -0.133. The van der Waals surface area contributed by atoms with Gasteiger partial charge in [-0.3, -0.25) is 4.79 Å². The van der Waals surface area contributed by atoms with Gasteiger partial charge < -0.3 is 11.1 Å². The molecule has 0 saturated carbocycles. The molecule has 6 heteroatoms. The van der Waals surface area contributed by atoms with Crippen molar-refractivity contribution in [3.63, 3.8) is 0 Å². The van der Waals surface area contributed by atoms with Gasteiger partial charge in [-0.05, 0) is 25.0 Å². The van der Waals surface area contributed by atoms with Crippen molar-refractivity contribution in [3.05, 3.63) is 29.8 Å². The van der Waals surface area contributed by atoms with Crippen LogP contribution in [0.1, 0.15) is 18.9 Å². The van der Waals surface area contributed by atoms with Crippen LogP contribution in [-0.4, -0.2) is 18.1 Å². The first-order chi connectivity index (χ1) is 8.29. The number of halogens is 3. The third kappa shape index (κ3) is 4.75. The van der Waals surface area contributed by atoms with Gasteiger partial charge in [0.25, 0.3) is 0 Å². The minimum absolute atomic E-state index is 0.168. The van der Waals surface area contributed by atoms with Gasteiger partial charge in [0.15, 0.2) is 0 Å². The second kappa shape index (κ2) is 5.86. The van der Waals surface area contributed by atoms with Crippen LogP contribution in [0.15, 0.2) is 24.3 Å². The second-order valence-corrected chi connectivity index (χ2v) is 4.05. The van der Waals surface area contributed by atoms with Gasteiger partial charge in [0.05, 0.1) is 6.04 Å². The molecule has 1 rings (SSSR count). The molecule has 0 heterocycles. The Morgan fingerprint density at radius 2 is 2.00 bits per heavy atom. The Morgan fingerprint density at radius 1 is 1.39 bits per heavy atom. The quantitative estimate of drug-likeness (QED) is 0.873. The van der Waals surface area contributed by atoms with Gasteiger partial charge in [-0.15, -0.1) is 0 Å². The summed E-state index contributed by atoms with van der Waals surface area (Å²) in [5.74, 6) is -0.422. The monoisotopic (exact) mass is 260 g/mol. The van der Waals surface area contributed by atoms with E-state index in [1.165, 1.54) is 6.92 Å². The molecule has 1 amide bonds. The van der Waals surface area contributed by atoms with Crippen LogP contribution >= 0.6 is 0 Å². The second-order valence-electron chi connectivity index (χ2n) is 4.05. The van der Waals surface area contributed by atoms with Gasteiger partial charge in [-0.2, -0.15) is 13.2 Å². The highest BCUT2D eigenvalue weighted by molar-refractivity contribution is 5.95. The fourth-order valence-corrected chi connectivity index (χ4v) is 1.38. The van der Waals surface area contributed by atoms with Crippen molar-refractivity contribution in [2.24, 2.45) is 5.73 Å². The Balaban J connectivity index is 2.77. The molecule has 1 aromatic rings. The Labute approximate surface area is 103 Å². The summed E-state index contributed by atoms with van der Waals surface area (Å²) < 4.78 is 36.5. The van der Waals surface area contributed by atoms with E-state index < -0.39 is 24.5 Å². The molecular weight excluding hydrogens is 245 g/mol. The van der Waals surface area contributed by atoms with Crippen LogP contribution in [0.3, 0.4) is 0 Å². The lowest BCUT2D eigenvalue weighted by Crippen LogP contribution is -2.32. The van der Waals surface area contributed by atoms with Gasteiger partial charge >= 0.3 is 6.18 Å². The molecule has 0 aliphatic rings. The highest BCUT2D eigenvalue weighted by Crippen LogP contribution is 2.25. The third-order valence-corrected chi connectivity index (χ3v) is 2.37. The normalized spacial score (nSPS) is 13.2. The van der Waals surface area contributed by atoms with Crippen LogP contribution in [0.25, 0.3) is 0 Å². The van der Waals surface area contributed by atoms with Crippen molar-refractivity contribution in [3.8, 4) is 0 Å². The van der Waals surface area contributed by atoms with Gasteiger partial charge in [0.1, 0.15) is 0 Å². The van der Waals surface area contributed by atoms with Gasteiger partial charge in [-0.25, -0.2) is 0 Å². The molecule has 18 heavy (non-hydrogen) atoms. The summed E-state index contributed by atoms with van der Waals surface area (Å²) in [6.45, 7) is 1.51. The number of hydrogen-bond donors (Lipinski definition) is 2. The minimum Gasteiger partial charge on any atom is -0.324 e. The van der Waals surface area contributed by atoms with E-state index in [0.717, 1.165) is 0 Å². The zero-order valence-electron chi connectivity index (χ0n) is 9.92. The minimum atomic E-state index is -4.21. The van der Waals surface area contributed by atoms with Crippen LogP contribution in [0, 0.1) is 0 Å². The van der Waals surface area contributed by atoms with Crippen LogP contribution in [0.2, 0.25) is 0 Å². The molecule has 0 aliphatic heterocycles. The molecule has 1 atom stereocenters. The lowest BCUT2D eigenvalue weighted by atomic mass is 10.1. The molecule has 0 spiro atoms. The average molecular weight is 260 g/mol. The number of benzene rings is 1. The first-order valence-electron chi connectivity index (χ1n) is 5.50. The zero-order valence-corrected chi connectivity index (χ0v) is 9.92. The van der Waals surface area contributed by atoms with E-state index in [-0.39, 0.29) is 6.42 Å². The van der Waals surface area contributed by atoms with E-state index in [1.54, 1.807) is 24.3 Å². The number of aryl methyl sites for hydroxylation is 1. The molecule has 3 nitrogen and oxygen atoms in total. The zero-order chi connectivity index (χ0) is 13.8. The number of rotatable bonds is 4. The summed E-state index contributed by atoms with van der Waals surface area (Å²) in [6, 6.07) is 5.69. The maximum Gasteiger partial charge on any atom is 0.389 e. The number of nitrogens with one attached hydrogen (secondary N) is 1. The number of para-hydroxylation sites is 1. The number of anilines is 1. The number of carbonyl (C=O) groups is 1. The molecule has 0 aromatic heterocycles. The summed E-state index contributed by atoms with van der Waals surface area (Å²) in [6.07, 6.45) is -5.30. The van der Waals surface area contributed by atoms with Crippen LogP contribution in [-0.2, 0) is 11.2 Å². The van der Waals surface area contributed by atoms with Gasteiger partial charge in [0.2, 0.25) is 5.91 Å². The average Bonchev–Trinajstić information content (AvgIpc) is 2.26. The SMILES string of the molecule is C[C@H](N)C(=O)Nc1ccccc1CCC(F)(F)F. The van der Waals surface area contributed by atoms with E-state index in [1.807, 2.05) is 0 Å². The maximum atomic E-state index is 12.2. The molecule has 0 unspecified atom stereocenters. The Kier molecular flexibility index (Phi) is 4.72. The van der Waals surface area contributed by atoms with Crippen LogP contribution in [0.5, 0.6) is 0 Å². The largest absolute Gasteiger partial charge is 0.389 e. The summed E-state index contributed by atoms with van der Waals surface area (Å²) in [5.41, 5.74) is 6.21. The van der Waals surface area contributed by atoms with Crippen molar-refractivity contribution >= 4 is 11.6 Å². The van der Waals surface area contributed by atoms with E-state index in [4.69, 9.17) is 5.73 Å². The van der Waals surface area contributed by atoms with Crippen molar-refractivity contribution in [2.75, 3.05) is 5.32 Å². The topological polar surface area (TPSA) is 55.1 Å². The lowest BCUT2D eigenvalue weighted by Gasteiger charge is -2.13. The molecule has 0 saturated heterocycles. The number of nitrogens with two attached hydrogens (primary N) is 1. The summed E-state index contributed by atoms with van der Waals surface area (Å²) in [7, 11) is 0. The molecule has 1 aromatic carbocycles. The van der Waals surface area contributed by atoms with E-state index in [0.29, 0.717) is 11.3 Å². The Hall–Kier alpha value is -1.56. The maximum absolute atomic E-state index is 12.2. The van der Waals surface area contributed by atoms with Crippen LogP contribution in [0.4, 0.5) is 18.9 Å². The molecule has 3 N–H and O–H groups in total. The summed E-state index contributed by atoms with van der Waals surface area (Å²) in [4.78, 5) is 11.4. The Bertz CT molecular complexity index is 416. The molecule has 0 bridgehead atoms. The summed E-state index contributed by atoms with van der Waals surface area (Å²) >= 11 is 0. The first kappa shape index (κ1) is 14.5. The van der Waals surface area contributed by atoms with Crippen LogP contribution < -0.4 is 11.1 Å². The van der Waals surface area contributed by atoms with E-state index in [2.05, 4.69) is 5.32 Å². The van der Waals surface area contributed by atoms with Crippen molar-refractivity contribution in [2.45, 2.75) is 32.0 Å². The van der Waals surface area contributed by atoms with E-state index in [9.17, 15) is 18.0 Å². The Morgan fingerprint density at radius 3 is 2.56 bits per heavy atom. The van der Waals surface area contributed by atoms with Gasteiger partial charge in [-0.1, -0.05) is 18.2 Å². The predicted molar refractivity (Wildman–Crippen MR) is 63.1 cm³/mol. The predicted octanol–water partition coefficient (Wildman–Crippen LogP) is 2.47. The fourth-order valence-electron chi connectivity index (χ4n) is 1.38. The van der Waals surface area contributed by atoms with Gasteiger partial charge in [0, 0.05) is 12.1 Å². The standard InChI is InChI=1S/C12H15F3N2O/c1-8(16)11(18)17-10-5-3-2-4-9(10)6-7-12(13,14)15/h2-5,8H,6-7,16H2,1H3,(H,17,18)/t8-/m0/s1. The third-order valence-electron chi connectivity index (χ3n) is 2.37. The highest BCUT2D eigenvalue weighted by Gasteiger charge is 2.27. The molecule has 0 radical (unpaired) electrons. The van der Waals surface area contributed by atoms with Crippen molar-refractivity contribution in [1.29, 1.82) is 0 Å². The molecule has 100 valence electrons. The van der Waals surface area contributed by atoms with Crippen molar-refractivity contribution in [1.82, 2.24) is 0 Å².